The summed E-state index contributed by atoms with van der Waals surface area (Å²) < 4.78 is 3.56. The van der Waals surface area contributed by atoms with E-state index in [0.717, 1.165) is 60.8 Å². The van der Waals surface area contributed by atoms with Crippen molar-refractivity contribution in [2.75, 3.05) is 33.2 Å². The molecular weight excluding hydrogens is 400 g/mol. The van der Waals surface area contributed by atoms with E-state index in [9.17, 15) is 4.79 Å². The lowest BCUT2D eigenvalue weighted by Gasteiger charge is -2.31. The number of rotatable bonds is 3. The molecule has 1 fully saturated rings. The number of pyridine rings is 1. The van der Waals surface area contributed by atoms with Gasteiger partial charge < -0.3 is 4.90 Å². The van der Waals surface area contributed by atoms with Crippen LogP contribution in [-0.2, 0) is 6.54 Å². The molecule has 1 aliphatic rings. The number of benzene rings is 1. The zero-order valence-corrected chi connectivity index (χ0v) is 17.8. The largest absolute Gasteiger partial charge is 0.304 e. The number of aryl methyl sites for hydroxylation is 1. The Bertz CT molecular complexity index is 1300. The van der Waals surface area contributed by atoms with E-state index in [0.29, 0.717) is 10.7 Å². The fourth-order valence-electron chi connectivity index (χ4n) is 4.11. The first kappa shape index (κ1) is 19.2. The van der Waals surface area contributed by atoms with Crippen LogP contribution in [0, 0.1) is 6.92 Å². The Morgan fingerprint density at radius 3 is 2.67 bits per heavy atom. The number of nitrogens with zero attached hydrogens (tertiary/aromatic N) is 6. The second kappa shape index (κ2) is 7.50. The maximum absolute atomic E-state index is 13.5. The minimum atomic E-state index is -0.175. The molecule has 1 aliphatic heterocycles. The molecule has 0 saturated carbocycles. The molecule has 5 rings (SSSR count). The molecule has 1 aromatic carbocycles. The first-order valence-corrected chi connectivity index (χ1v) is 10.4. The Morgan fingerprint density at radius 1 is 1.10 bits per heavy atom. The molecule has 8 heteroatoms. The first-order chi connectivity index (χ1) is 14.5. The number of hydrogen-bond acceptors (Lipinski definition) is 5. The zero-order valence-electron chi connectivity index (χ0n) is 17.0. The maximum atomic E-state index is 13.5. The third kappa shape index (κ3) is 3.29. The van der Waals surface area contributed by atoms with E-state index in [-0.39, 0.29) is 5.56 Å². The van der Waals surface area contributed by atoms with Crippen molar-refractivity contribution in [3.63, 3.8) is 0 Å². The maximum Gasteiger partial charge on any atom is 0.299 e. The van der Waals surface area contributed by atoms with Crippen LogP contribution in [0.1, 0.15) is 11.4 Å². The number of imidazole rings is 1. The van der Waals surface area contributed by atoms with Crippen molar-refractivity contribution >= 4 is 28.3 Å². The molecule has 1 saturated heterocycles. The van der Waals surface area contributed by atoms with Crippen molar-refractivity contribution in [1.82, 2.24) is 28.7 Å². The molecule has 0 aliphatic carbocycles. The number of halogens is 1. The lowest BCUT2D eigenvalue weighted by atomic mass is 10.2. The fraction of sp³-hybridized carbons (Fsp3) is 0.318. The van der Waals surface area contributed by atoms with Gasteiger partial charge in [-0.05, 0) is 44.3 Å². The number of hydrogen-bond donors (Lipinski definition) is 0. The predicted octanol–water partition coefficient (Wildman–Crippen LogP) is 2.74. The SMILES string of the molecule is Cc1ncccc1-n1c(=O)c2nc(CN3CCN(C)CC3)cn2c2ccc(Cl)cc21. The molecule has 4 aromatic rings. The molecule has 30 heavy (non-hydrogen) atoms. The van der Waals surface area contributed by atoms with E-state index in [1.54, 1.807) is 10.8 Å². The van der Waals surface area contributed by atoms with Gasteiger partial charge in [-0.25, -0.2) is 4.98 Å². The molecule has 0 atom stereocenters. The van der Waals surface area contributed by atoms with Gasteiger partial charge in [0.1, 0.15) is 0 Å². The van der Waals surface area contributed by atoms with Crippen LogP contribution < -0.4 is 5.56 Å². The Balaban J connectivity index is 1.70. The van der Waals surface area contributed by atoms with Crippen LogP contribution in [0.4, 0.5) is 0 Å². The van der Waals surface area contributed by atoms with Gasteiger partial charge >= 0.3 is 0 Å². The van der Waals surface area contributed by atoms with Crippen molar-refractivity contribution in [3.8, 4) is 5.69 Å². The Kier molecular flexibility index (Phi) is 4.81. The molecule has 0 N–H and O–H groups in total. The summed E-state index contributed by atoms with van der Waals surface area (Å²) >= 11 is 6.30. The lowest BCUT2D eigenvalue weighted by Crippen LogP contribution is -2.43. The summed E-state index contributed by atoms with van der Waals surface area (Å²) in [4.78, 5) is 27.3. The minimum Gasteiger partial charge on any atom is -0.304 e. The monoisotopic (exact) mass is 422 g/mol. The minimum absolute atomic E-state index is 0.175. The molecule has 0 unspecified atom stereocenters. The standard InChI is InChI=1S/C22H23ClN6O/c1-15-18(4-3-7-24-15)29-20-12-16(23)5-6-19(20)28-14-17(25-21(28)22(29)30)13-27-10-8-26(2)9-11-27/h3-7,12,14H,8-11,13H2,1-2H3. The molecule has 0 amide bonds. The van der Waals surface area contributed by atoms with Gasteiger partial charge in [0.2, 0.25) is 5.65 Å². The highest BCUT2D eigenvalue weighted by atomic mass is 35.5. The van der Waals surface area contributed by atoms with E-state index in [2.05, 4.69) is 21.8 Å². The van der Waals surface area contributed by atoms with E-state index in [4.69, 9.17) is 16.6 Å². The van der Waals surface area contributed by atoms with Crippen LogP contribution in [0.3, 0.4) is 0 Å². The zero-order chi connectivity index (χ0) is 20.8. The van der Waals surface area contributed by atoms with Crippen LogP contribution in [0.2, 0.25) is 5.02 Å². The summed E-state index contributed by atoms with van der Waals surface area (Å²) in [5.74, 6) is 0. The summed E-state index contributed by atoms with van der Waals surface area (Å²) in [6.45, 7) is 6.71. The summed E-state index contributed by atoms with van der Waals surface area (Å²) in [6.07, 6.45) is 3.70. The molecule has 3 aromatic heterocycles. The van der Waals surface area contributed by atoms with E-state index >= 15 is 0 Å². The van der Waals surface area contributed by atoms with E-state index in [1.807, 2.05) is 47.9 Å². The molecule has 7 nitrogen and oxygen atoms in total. The quantitative estimate of drug-likeness (QED) is 0.508. The van der Waals surface area contributed by atoms with E-state index in [1.165, 1.54) is 0 Å². The van der Waals surface area contributed by atoms with Gasteiger partial charge in [0, 0.05) is 50.1 Å². The van der Waals surface area contributed by atoms with Crippen LogP contribution in [0.25, 0.3) is 22.4 Å². The third-order valence-electron chi connectivity index (χ3n) is 5.79. The van der Waals surface area contributed by atoms with Crippen LogP contribution in [0.15, 0.2) is 47.5 Å². The van der Waals surface area contributed by atoms with Gasteiger partial charge in [-0.2, -0.15) is 0 Å². The molecule has 0 spiro atoms. The van der Waals surface area contributed by atoms with Gasteiger partial charge in [0.25, 0.3) is 5.56 Å². The van der Waals surface area contributed by atoms with Gasteiger partial charge in [-0.15, -0.1) is 0 Å². The number of fused-ring (bicyclic) bond motifs is 3. The average molecular weight is 423 g/mol. The second-order valence-electron chi connectivity index (χ2n) is 7.89. The highest BCUT2D eigenvalue weighted by Crippen LogP contribution is 2.23. The van der Waals surface area contributed by atoms with Gasteiger partial charge in [0.15, 0.2) is 0 Å². The van der Waals surface area contributed by atoms with Crippen molar-refractivity contribution in [1.29, 1.82) is 0 Å². The highest BCUT2D eigenvalue weighted by molar-refractivity contribution is 6.31. The summed E-state index contributed by atoms with van der Waals surface area (Å²) in [5, 5.41) is 0.578. The van der Waals surface area contributed by atoms with Crippen molar-refractivity contribution in [3.05, 3.63) is 69.5 Å². The first-order valence-electron chi connectivity index (χ1n) is 10.1. The fourth-order valence-corrected chi connectivity index (χ4v) is 4.28. The third-order valence-corrected chi connectivity index (χ3v) is 6.02. The smallest absolute Gasteiger partial charge is 0.299 e. The highest BCUT2D eigenvalue weighted by Gasteiger charge is 2.19. The summed E-state index contributed by atoms with van der Waals surface area (Å²) in [5.41, 5.74) is 4.26. The topological polar surface area (TPSA) is 58.7 Å². The number of aromatic nitrogens is 4. The lowest BCUT2D eigenvalue weighted by molar-refractivity contribution is 0.147. The van der Waals surface area contributed by atoms with E-state index < -0.39 is 0 Å². The number of piperazine rings is 1. The average Bonchev–Trinajstić information content (AvgIpc) is 3.15. The van der Waals surface area contributed by atoms with Gasteiger partial charge in [0.05, 0.1) is 28.1 Å². The molecule has 154 valence electrons. The molecular formula is C22H23ClN6O. The van der Waals surface area contributed by atoms with Crippen molar-refractivity contribution in [2.45, 2.75) is 13.5 Å². The normalized spacial score (nSPS) is 16.0. The molecule has 0 bridgehead atoms. The second-order valence-corrected chi connectivity index (χ2v) is 8.32. The predicted molar refractivity (Wildman–Crippen MR) is 119 cm³/mol. The Hall–Kier alpha value is -2.74. The van der Waals surface area contributed by atoms with Crippen molar-refractivity contribution < 1.29 is 0 Å². The Morgan fingerprint density at radius 2 is 1.90 bits per heavy atom. The number of likely N-dealkylation sites (N-methyl/N-ethyl adjacent to an activating group) is 1. The Labute approximate surface area is 179 Å². The summed E-state index contributed by atoms with van der Waals surface area (Å²) in [7, 11) is 2.14. The molecule has 4 heterocycles. The molecule has 0 radical (unpaired) electrons. The summed E-state index contributed by atoms with van der Waals surface area (Å²) in [6, 6.07) is 9.33. The van der Waals surface area contributed by atoms with Gasteiger partial charge in [-0.1, -0.05) is 11.6 Å². The van der Waals surface area contributed by atoms with Crippen LogP contribution in [0.5, 0.6) is 0 Å². The van der Waals surface area contributed by atoms with Crippen LogP contribution >= 0.6 is 11.6 Å². The van der Waals surface area contributed by atoms with Crippen LogP contribution in [-0.4, -0.2) is 62.0 Å². The van der Waals surface area contributed by atoms with Gasteiger partial charge in [-0.3, -0.25) is 23.6 Å². The van der Waals surface area contributed by atoms with Crippen molar-refractivity contribution in [2.24, 2.45) is 0 Å².